The van der Waals surface area contributed by atoms with Gasteiger partial charge in [0.15, 0.2) is 0 Å². The molecule has 0 rings (SSSR count). The maximum absolute atomic E-state index is 13.2. The normalized spacial score (nSPS) is 13.3. The summed E-state index contributed by atoms with van der Waals surface area (Å²) in [6.07, 6.45) is 59.6. The van der Waals surface area contributed by atoms with Crippen molar-refractivity contribution in [1.82, 2.24) is 5.32 Å². The fraction of sp³-hybridized carbons (Fsp3) is 0.895. The molecule has 0 fully saturated rings. The van der Waals surface area contributed by atoms with Crippen molar-refractivity contribution in [3.8, 4) is 0 Å². The lowest BCUT2D eigenvalue weighted by Gasteiger charge is -2.24. The number of hydrogen-bond donors (Lipinski definition) is 3. The number of aliphatic hydroxyl groups is 2. The summed E-state index contributed by atoms with van der Waals surface area (Å²) in [5.41, 5.74) is 0. The van der Waals surface area contributed by atoms with E-state index in [1.54, 1.807) is 0 Å². The van der Waals surface area contributed by atoms with E-state index < -0.39 is 18.2 Å². The highest BCUT2D eigenvalue weighted by atomic mass is 16.5. The number of hydrogen-bond acceptors (Lipinski definition) is 5. The first-order chi connectivity index (χ1) is 31.0. The van der Waals surface area contributed by atoms with Crippen molar-refractivity contribution in [1.29, 1.82) is 0 Å². The van der Waals surface area contributed by atoms with Gasteiger partial charge in [-0.15, -0.1) is 0 Å². The van der Waals surface area contributed by atoms with Gasteiger partial charge in [0.05, 0.1) is 25.2 Å². The highest BCUT2D eigenvalue weighted by Gasteiger charge is 2.24. The van der Waals surface area contributed by atoms with Crippen LogP contribution >= 0.6 is 0 Å². The molecule has 0 aromatic rings. The quantitative estimate of drug-likeness (QED) is 0.0321. The molecule has 3 unspecified atom stereocenters. The van der Waals surface area contributed by atoms with Crippen LogP contribution in [0.3, 0.4) is 0 Å². The van der Waals surface area contributed by atoms with Crippen molar-refractivity contribution in [3.63, 3.8) is 0 Å². The van der Waals surface area contributed by atoms with Gasteiger partial charge in [0, 0.05) is 6.42 Å². The van der Waals surface area contributed by atoms with Gasteiger partial charge in [-0.05, 0) is 51.4 Å². The van der Waals surface area contributed by atoms with E-state index >= 15 is 0 Å². The molecule has 0 saturated carbocycles. The second-order valence-corrected chi connectivity index (χ2v) is 19.3. The van der Waals surface area contributed by atoms with E-state index in [0.29, 0.717) is 19.3 Å². The number of allylic oxidation sites excluding steroid dienone is 4. The number of rotatable bonds is 51. The molecule has 3 atom stereocenters. The van der Waals surface area contributed by atoms with Gasteiger partial charge < -0.3 is 20.3 Å². The molecular formula is C57H109NO5. The molecule has 0 aromatic heterocycles. The Morgan fingerprint density at radius 2 is 0.857 bits per heavy atom. The summed E-state index contributed by atoms with van der Waals surface area (Å²) >= 11 is 0. The molecule has 0 aliphatic heterocycles. The number of carbonyl (C=O) groups excluding carboxylic acids is 2. The minimum atomic E-state index is -0.788. The summed E-state index contributed by atoms with van der Waals surface area (Å²) in [6, 6.07) is -0.702. The molecule has 372 valence electrons. The van der Waals surface area contributed by atoms with Crippen molar-refractivity contribution in [3.05, 3.63) is 24.3 Å². The van der Waals surface area contributed by atoms with Crippen LogP contribution in [0.15, 0.2) is 24.3 Å². The van der Waals surface area contributed by atoms with Crippen LogP contribution in [0.1, 0.15) is 303 Å². The standard InChI is InChI=1S/C57H109NO5/c1-4-7-10-13-16-19-22-25-27-28-30-32-35-38-41-44-47-50-57(62)63-53(48-45-42-39-36-33-24-21-18-15-12-9-6-3)51-56(61)58-54(52-59)55(60)49-46-43-40-37-34-31-29-26-23-20-17-14-11-8-5-2/h9,12,18,21,53-55,59-60H,4-8,10-11,13-17,19-20,22-52H2,1-3H3,(H,58,61)/b12-9+,21-18+. The molecule has 63 heavy (non-hydrogen) atoms. The van der Waals surface area contributed by atoms with E-state index in [1.165, 1.54) is 186 Å². The summed E-state index contributed by atoms with van der Waals surface area (Å²) in [6.45, 7) is 6.41. The van der Waals surface area contributed by atoms with Crippen LogP contribution in [0.5, 0.6) is 0 Å². The minimum Gasteiger partial charge on any atom is -0.462 e. The van der Waals surface area contributed by atoms with Crippen molar-refractivity contribution < 1.29 is 24.5 Å². The summed E-state index contributed by atoms with van der Waals surface area (Å²) in [4.78, 5) is 26.2. The Labute approximate surface area is 392 Å². The van der Waals surface area contributed by atoms with Crippen molar-refractivity contribution in [2.24, 2.45) is 0 Å². The van der Waals surface area contributed by atoms with Crippen LogP contribution in [-0.4, -0.2) is 46.9 Å². The highest BCUT2D eigenvalue weighted by Crippen LogP contribution is 2.19. The molecule has 0 aliphatic carbocycles. The number of carbonyl (C=O) groups is 2. The smallest absolute Gasteiger partial charge is 0.306 e. The molecular weight excluding hydrogens is 779 g/mol. The summed E-state index contributed by atoms with van der Waals surface area (Å²) in [7, 11) is 0. The second-order valence-electron chi connectivity index (χ2n) is 19.3. The zero-order chi connectivity index (χ0) is 45.9. The number of nitrogens with one attached hydrogen (secondary N) is 1. The Hall–Kier alpha value is -1.66. The third-order valence-corrected chi connectivity index (χ3v) is 13.0. The van der Waals surface area contributed by atoms with Gasteiger partial charge in [-0.3, -0.25) is 9.59 Å². The van der Waals surface area contributed by atoms with E-state index in [-0.39, 0.29) is 24.9 Å². The molecule has 0 spiro atoms. The molecule has 0 radical (unpaired) electrons. The lowest BCUT2D eigenvalue weighted by molar-refractivity contribution is -0.151. The maximum atomic E-state index is 13.2. The first-order valence-corrected chi connectivity index (χ1v) is 28.1. The summed E-state index contributed by atoms with van der Waals surface area (Å²) in [5, 5.41) is 23.8. The van der Waals surface area contributed by atoms with Crippen LogP contribution in [-0.2, 0) is 14.3 Å². The molecule has 1 amide bonds. The fourth-order valence-corrected chi connectivity index (χ4v) is 8.82. The van der Waals surface area contributed by atoms with Crippen LogP contribution in [0.4, 0.5) is 0 Å². The third kappa shape index (κ3) is 46.7. The fourth-order valence-electron chi connectivity index (χ4n) is 8.82. The van der Waals surface area contributed by atoms with Crippen LogP contribution in [0.25, 0.3) is 0 Å². The third-order valence-electron chi connectivity index (χ3n) is 13.0. The van der Waals surface area contributed by atoms with Crippen molar-refractivity contribution >= 4 is 11.9 Å². The van der Waals surface area contributed by atoms with Crippen LogP contribution in [0, 0.1) is 0 Å². The molecule has 0 aliphatic rings. The Morgan fingerprint density at radius 1 is 0.476 bits per heavy atom. The summed E-state index contributed by atoms with van der Waals surface area (Å²) < 4.78 is 5.95. The molecule has 0 aromatic carbocycles. The number of esters is 1. The Balaban J connectivity index is 4.47. The number of unbranched alkanes of at least 4 members (excludes halogenated alkanes) is 35. The average Bonchev–Trinajstić information content (AvgIpc) is 3.28. The van der Waals surface area contributed by atoms with Crippen LogP contribution < -0.4 is 5.32 Å². The van der Waals surface area contributed by atoms with Gasteiger partial charge in [0.1, 0.15) is 6.10 Å². The van der Waals surface area contributed by atoms with E-state index in [2.05, 4.69) is 50.4 Å². The van der Waals surface area contributed by atoms with Gasteiger partial charge in [-0.1, -0.05) is 263 Å². The predicted octanol–water partition coefficient (Wildman–Crippen LogP) is 17.1. The minimum absolute atomic E-state index is 0.0736. The zero-order valence-corrected chi connectivity index (χ0v) is 42.5. The van der Waals surface area contributed by atoms with Gasteiger partial charge in [-0.2, -0.15) is 0 Å². The topological polar surface area (TPSA) is 95.9 Å². The largest absolute Gasteiger partial charge is 0.462 e. The molecule has 0 heterocycles. The van der Waals surface area contributed by atoms with Gasteiger partial charge in [0.2, 0.25) is 5.91 Å². The van der Waals surface area contributed by atoms with E-state index in [9.17, 15) is 19.8 Å². The Morgan fingerprint density at radius 3 is 1.29 bits per heavy atom. The SMILES string of the molecule is CC/C=C/C/C=C/CCCCCCCC(CC(=O)NC(CO)C(O)CCCCCCCCCCCCCCCCC)OC(=O)CCCCCCCCCCCCCCCCCCC. The van der Waals surface area contributed by atoms with Gasteiger partial charge in [0.25, 0.3) is 0 Å². The summed E-state index contributed by atoms with van der Waals surface area (Å²) in [5.74, 6) is -0.470. The monoisotopic (exact) mass is 888 g/mol. The van der Waals surface area contributed by atoms with Crippen molar-refractivity contribution in [2.45, 2.75) is 322 Å². The zero-order valence-electron chi connectivity index (χ0n) is 42.5. The molecule has 0 saturated heterocycles. The maximum Gasteiger partial charge on any atom is 0.306 e. The second kappa shape index (κ2) is 51.3. The Bertz CT molecular complexity index is 997. The van der Waals surface area contributed by atoms with Crippen molar-refractivity contribution in [2.75, 3.05) is 6.61 Å². The Kier molecular flexibility index (Phi) is 50.0. The van der Waals surface area contributed by atoms with Gasteiger partial charge >= 0.3 is 5.97 Å². The van der Waals surface area contributed by atoms with E-state index in [0.717, 1.165) is 70.6 Å². The highest BCUT2D eigenvalue weighted by molar-refractivity contribution is 5.77. The number of aliphatic hydroxyl groups excluding tert-OH is 2. The molecule has 0 bridgehead atoms. The molecule has 3 N–H and O–H groups in total. The number of amides is 1. The molecule has 6 heteroatoms. The van der Waals surface area contributed by atoms with Gasteiger partial charge in [-0.25, -0.2) is 0 Å². The molecule has 6 nitrogen and oxygen atoms in total. The predicted molar refractivity (Wildman–Crippen MR) is 273 cm³/mol. The number of ether oxygens (including phenoxy) is 1. The lowest BCUT2D eigenvalue weighted by atomic mass is 10.0. The first-order valence-electron chi connectivity index (χ1n) is 28.1. The van der Waals surface area contributed by atoms with Crippen LogP contribution in [0.2, 0.25) is 0 Å². The van der Waals surface area contributed by atoms with E-state index in [1.807, 2.05) is 0 Å². The van der Waals surface area contributed by atoms with E-state index in [4.69, 9.17) is 4.74 Å². The average molecular weight is 889 g/mol. The lowest BCUT2D eigenvalue weighted by Crippen LogP contribution is -2.46. The first kappa shape index (κ1) is 61.3.